The minimum Gasteiger partial charge on any atom is -0.478 e. The lowest BCUT2D eigenvalue weighted by Gasteiger charge is -2.37. The molecular formula is C18H16N2O5. The largest absolute Gasteiger partial charge is 0.478 e. The van der Waals surface area contributed by atoms with E-state index in [0.717, 1.165) is 10.5 Å². The topological polar surface area (TPSA) is 95.9 Å². The van der Waals surface area contributed by atoms with Crippen LogP contribution in [0.2, 0.25) is 0 Å². The van der Waals surface area contributed by atoms with Gasteiger partial charge in [0, 0.05) is 6.54 Å². The van der Waals surface area contributed by atoms with E-state index in [0.29, 0.717) is 12.3 Å². The van der Waals surface area contributed by atoms with Crippen molar-refractivity contribution in [1.29, 1.82) is 0 Å². The van der Waals surface area contributed by atoms with Crippen LogP contribution in [0, 0.1) is 0 Å². The number of nitrogens with one attached hydrogen (secondary N) is 1. The number of likely N-dealkylation sites (tertiary alicyclic amines) is 1. The third-order valence-corrected chi connectivity index (χ3v) is 3.78. The summed E-state index contributed by atoms with van der Waals surface area (Å²) >= 11 is 0. The molecule has 1 saturated heterocycles. The quantitative estimate of drug-likeness (QED) is 0.814. The molecule has 2 aromatic rings. The number of carbonyl (C=O) groups excluding carboxylic acids is 2. The number of nitrogens with zero attached hydrogens (tertiary/aromatic N) is 1. The van der Waals surface area contributed by atoms with Crippen LogP contribution in [-0.4, -0.2) is 34.1 Å². The van der Waals surface area contributed by atoms with Gasteiger partial charge in [0.25, 0.3) is 0 Å². The Morgan fingerprint density at radius 1 is 1.12 bits per heavy atom. The third kappa shape index (κ3) is 3.77. The summed E-state index contributed by atoms with van der Waals surface area (Å²) in [7, 11) is 0. The van der Waals surface area contributed by atoms with Crippen LogP contribution < -0.4 is 10.1 Å². The Bertz CT molecular complexity index is 789. The first-order valence-electron chi connectivity index (χ1n) is 7.68. The van der Waals surface area contributed by atoms with E-state index >= 15 is 0 Å². The Kier molecular flexibility index (Phi) is 4.65. The van der Waals surface area contributed by atoms with Crippen molar-refractivity contribution in [2.75, 3.05) is 0 Å². The Morgan fingerprint density at radius 3 is 2.40 bits per heavy atom. The zero-order valence-corrected chi connectivity index (χ0v) is 13.2. The maximum Gasteiger partial charge on any atom is 0.335 e. The number of imide groups is 1. The first-order valence-corrected chi connectivity index (χ1v) is 7.68. The Balaban J connectivity index is 1.58. The molecule has 0 aliphatic carbocycles. The smallest absolute Gasteiger partial charge is 0.335 e. The first-order chi connectivity index (χ1) is 12.0. The second-order valence-corrected chi connectivity index (χ2v) is 5.51. The fourth-order valence-corrected chi connectivity index (χ4v) is 2.42. The molecule has 2 N–H and O–H groups in total. The number of hydrogen-bond donors (Lipinski definition) is 2. The summed E-state index contributed by atoms with van der Waals surface area (Å²) in [5.74, 6) is -0.964. The van der Waals surface area contributed by atoms with Crippen LogP contribution in [-0.2, 0) is 11.3 Å². The summed E-state index contributed by atoms with van der Waals surface area (Å²) < 4.78 is 5.59. The first kappa shape index (κ1) is 16.5. The standard InChI is InChI=1S/C18H16N2O5/c21-15-10-16(25-14-8-6-13(7-9-14)17(22)23)20(15)18(24)19-11-12-4-2-1-3-5-12/h1-9,16H,10-11H2,(H,19,24)(H,22,23)/t16-/m1/s1. The van der Waals surface area contributed by atoms with Crippen LogP contribution in [0.3, 0.4) is 0 Å². The Hall–Kier alpha value is -3.35. The summed E-state index contributed by atoms with van der Waals surface area (Å²) in [6.45, 7) is 0.309. The molecule has 3 rings (SSSR count). The minimum atomic E-state index is -1.03. The molecule has 1 aliphatic heterocycles. The predicted octanol–water partition coefficient (Wildman–Crippen LogP) is 2.23. The van der Waals surface area contributed by atoms with Gasteiger partial charge in [-0.2, -0.15) is 0 Å². The third-order valence-electron chi connectivity index (χ3n) is 3.78. The SMILES string of the molecule is O=C(O)c1ccc(O[C@@H]2CC(=O)N2C(=O)NCc2ccccc2)cc1. The highest BCUT2D eigenvalue weighted by Crippen LogP contribution is 2.24. The highest BCUT2D eigenvalue weighted by molar-refractivity contribution is 5.99. The van der Waals surface area contributed by atoms with E-state index in [9.17, 15) is 14.4 Å². The molecule has 128 valence electrons. The molecule has 0 unspecified atom stereocenters. The maximum absolute atomic E-state index is 12.2. The van der Waals surface area contributed by atoms with Crippen molar-refractivity contribution < 1.29 is 24.2 Å². The molecule has 3 amide bonds. The van der Waals surface area contributed by atoms with Crippen LogP contribution in [0.1, 0.15) is 22.3 Å². The number of aromatic carboxylic acids is 1. The molecule has 1 aliphatic rings. The normalized spacial score (nSPS) is 16.1. The number of hydrogen-bond acceptors (Lipinski definition) is 4. The van der Waals surface area contributed by atoms with Gasteiger partial charge in [-0.05, 0) is 29.8 Å². The molecule has 0 radical (unpaired) electrons. The summed E-state index contributed by atoms with van der Waals surface area (Å²) in [5.41, 5.74) is 1.06. The van der Waals surface area contributed by atoms with E-state index in [-0.39, 0.29) is 17.9 Å². The summed E-state index contributed by atoms with van der Waals surface area (Å²) in [4.78, 5) is 35.8. The van der Waals surface area contributed by atoms with E-state index in [1.807, 2.05) is 30.3 Å². The van der Waals surface area contributed by atoms with Gasteiger partial charge in [0.1, 0.15) is 5.75 Å². The molecule has 25 heavy (non-hydrogen) atoms. The Morgan fingerprint density at radius 2 is 1.80 bits per heavy atom. The van der Waals surface area contributed by atoms with Crippen molar-refractivity contribution in [2.45, 2.75) is 19.2 Å². The van der Waals surface area contributed by atoms with Gasteiger partial charge in [0.2, 0.25) is 5.91 Å². The van der Waals surface area contributed by atoms with Crippen LogP contribution >= 0.6 is 0 Å². The highest BCUT2D eigenvalue weighted by Gasteiger charge is 2.42. The molecule has 7 nitrogen and oxygen atoms in total. The fourth-order valence-electron chi connectivity index (χ4n) is 2.42. The van der Waals surface area contributed by atoms with Crippen molar-refractivity contribution in [3.05, 3.63) is 65.7 Å². The number of carbonyl (C=O) groups is 3. The van der Waals surface area contributed by atoms with Gasteiger partial charge in [0.15, 0.2) is 6.23 Å². The molecule has 2 aromatic carbocycles. The lowest BCUT2D eigenvalue weighted by Crippen LogP contribution is -2.60. The molecule has 1 fully saturated rings. The van der Waals surface area contributed by atoms with Crippen LogP contribution in [0.4, 0.5) is 4.79 Å². The van der Waals surface area contributed by atoms with Crippen molar-refractivity contribution in [2.24, 2.45) is 0 Å². The molecule has 7 heteroatoms. The molecule has 0 spiro atoms. The minimum absolute atomic E-state index is 0.0967. The number of carboxylic acid groups (broad SMARTS) is 1. The number of benzene rings is 2. The van der Waals surface area contributed by atoms with Gasteiger partial charge in [-0.3, -0.25) is 4.79 Å². The van der Waals surface area contributed by atoms with Crippen LogP contribution in [0.25, 0.3) is 0 Å². The lowest BCUT2D eigenvalue weighted by atomic mass is 10.1. The molecule has 1 heterocycles. The predicted molar refractivity (Wildman–Crippen MR) is 88.0 cm³/mol. The van der Waals surface area contributed by atoms with Gasteiger partial charge < -0.3 is 15.2 Å². The fraction of sp³-hybridized carbons (Fsp3) is 0.167. The van der Waals surface area contributed by atoms with Crippen LogP contribution in [0.15, 0.2) is 54.6 Å². The van der Waals surface area contributed by atoms with E-state index in [2.05, 4.69) is 5.32 Å². The summed E-state index contributed by atoms with van der Waals surface area (Å²) in [6, 6.07) is 14.6. The van der Waals surface area contributed by atoms with Gasteiger partial charge in [-0.1, -0.05) is 30.3 Å². The lowest BCUT2D eigenvalue weighted by molar-refractivity contribution is -0.152. The summed E-state index contributed by atoms with van der Waals surface area (Å²) in [6.07, 6.45) is -0.599. The molecule has 0 saturated carbocycles. The molecule has 1 atom stereocenters. The van der Waals surface area contributed by atoms with Crippen molar-refractivity contribution in [3.63, 3.8) is 0 Å². The van der Waals surface area contributed by atoms with Crippen molar-refractivity contribution in [1.82, 2.24) is 10.2 Å². The summed E-state index contributed by atoms with van der Waals surface area (Å²) in [5, 5.41) is 11.6. The second-order valence-electron chi connectivity index (χ2n) is 5.51. The number of ether oxygens (including phenoxy) is 1. The number of amides is 3. The highest BCUT2D eigenvalue weighted by atomic mass is 16.5. The number of carboxylic acids is 1. The van der Waals surface area contributed by atoms with E-state index in [1.165, 1.54) is 24.3 Å². The van der Waals surface area contributed by atoms with E-state index < -0.39 is 18.2 Å². The molecule has 0 aromatic heterocycles. The zero-order chi connectivity index (χ0) is 17.8. The Labute approximate surface area is 143 Å². The average molecular weight is 340 g/mol. The van der Waals surface area contributed by atoms with E-state index in [4.69, 9.17) is 9.84 Å². The average Bonchev–Trinajstić information content (AvgIpc) is 2.60. The molecule has 0 bridgehead atoms. The number of β-lactam (4-membered cyclic amide) rings is 1. The van der Waals surface area contributed by atoms with Gasteiger partial charge >= 0.3 is 12.0 Å². The van der Waals surface area contributed by atoms with Crippen LogP contribution in [0.5, 0.6) is 5.75 Å². The second kappa shape index (κ2) is 7.04. The number of urea groups is 1. The van der Waals surface area contributed by atoms with Crippen molar-refractivity contribution >= 4 is 17.9 Å². The van der Waals surface area contributed by atoms with E-state index in [1.54, 1.807) is 0 Å². The van der Waals surface area contributed by atoms with Crippen molar-refractivity contribution in [3.8, 4) is 5.75 Å². The van der Waals surface area contributed by atoms with Gasteiger partial charge in [-0.15, -0.1) is 0 Å². The van der Waals surface area contributed by atoms with Gasteiger partial charge in [0.05, 0.1) is 12.0 Å². The zero-order valence-electron chi connectivity index (χ0n) is 13.2. The monoisotopic (exact) mass is 340 g/mol. The molecular weight excluding hydrogens is 324 g/mol. The van der Waals surface area contributed by atoms with Gasteiger partial charge in [-0.25, -0.2) is 14.5 Å². The maximum atomic E-state index is 12.2. The number of rotatable bonds is 5.